The first-order valence-corrected chi connectivity index (χ1v) is 8.56. The van der Waals surface area contributed by atoms with E-state index in [9.17, 15) is 9.18 Å². The van der Waals surface area contributed by atoms with Crippen molar-refractivity contribution in [3.8, 4) is 5.75 Å². The molecule has 1 amide bonds. The smallest absolute Gasteiger partial charge is 0.228 e. The minimum atomic E-state index is -0.226. The third-order valence-electron chi connectivity index (χ3n) is 4.56. The molecule has 0 aromatic heterocycles. The second-order valence-corrected chi connectivity index (χ2v) is 6.39. The molecule has 1 aliphatic rings. The Labute approximate surface area is 147 Å². The van der Waals surface area contributed by atoms with Gasteiger partial charge in [0.25, 0.3) is 0 Å². The second kappa shape index (κ2) is 8.12. The van der Waals surface area contributed by atoms with Gasteiger partial charge in [-0.15, -0.1) is 0 Å². The number of carbonyl (C=O) groups excluding carboxylic acids is 1. The molecule has 1 unspecified atom stereocenters. The van der Waals surface area contributed by atoms with Gasteiger partial charge in [0.1, 0.15) is 11.6 Å². The van der Waals surface area contributed by atoms with Gasteiger partial charge in [-0.25, -0.2) is 4.39 Å². The van der Waals surface area contributed by atoms with Crippen molar-refractivity contribution >= 4 is 11.6 Å². The van der Waals surface area contributed by atoms with Crippen LogP contribution in [0.2, 0.25) is 0 Å². The molecule has 3 rings (SSSR count). The minimum Gasteiger partial charge on any atom is -0.495 e. The maximum atomic E-state index is 13.0. The van der Waals surface area contributed by atoms with E-state index in [1.807, 2.05) is 24.3 Å². The average Bonchev–Trinajstić information content (AvgIpc) is 2.64. The van der Waals surface area contributed by atoms with Crippen LogP contribution in [0.25, 0.3) is 0 Å². The Morgan fingerprint density at radius 3 is 2.76 bits per heavy atom. The summed E-state index contributed by atoms with van der Waals surface area (Å²) in [7, 11) is 1.59. The average molecular weight is 342 g/mol. The van der Waals surface area contributed by atoms with Crippen LogP contribution in [0.1, 0.15) is 18.4 Å². The first kappa shape index (κ1) is 17.4. The van der Waals surface area contributed by atoms with Crippen LogP contribution in [-0.4, -0.2) is 31.0 Å². The third-order valence-corrected chi connectivity index (χ3v) is 4.56. The summed E-state index contributed by atoms with van der Waals surface area (Å²) in [4.78, 5) is 14.9. The molecule has 2 aromatic rings. The van der Waals surface area contributed by atoms with E-state index in [-0.39, 0.29) is 17.6 Å². The molecule has 1 saturated heterocycles. The standard InChI is InChI=1S/C20H23FN2O2/c1-25-19-7-3-2-6-18(19)22-20(24)16-5-4-12-23(14-16)13-15-8-10-17(21)11-9-15/h2-3,6-11,16H,4-5,12-14H2,1H3,(H,22,24). The van der Waals surface area contributed by atoms with Crippen molar-refractivity contribution in [3.05, 3.63) is 59.9 Å². The summed E-state index contributed by atoms with van der Waals surface area (Å²) < 4.78 is 18.3. The van der Waals surface area contributed by atoms with Crippen molar-refractivity contribution in [2.24, 2.45) is 5.92 Å². The number of hydrogen-bond acceptors (Lipinski definition) is 3. The Kier molecular flexibility index (Phi) is 5.66. The van der Waals surface area contributed by atoms with Gasteiger partial charge in [-0.2, -0.15) is 0 Å². The zero-order chi connectivity index (χ0) is 17.6. The molecule has 0 saturated carbocycles. The van der Waals surface area contributed by atoms with Crippen LogP contribution in [0, 0.1) is 11.7 Å². The number of rotatable bonds is 5. The fraction of sp³-hybridized carbons (Fsp3) is 0.350. The highest BCUT2D eigenvalue weighted by molar-refractivity contribution is 5.94. The van der Waals surface area contributed by atoms with E-state index < -0.39 is 0 Å². The number of ether oxygens (including phenoxy) is 1. The number of nitrogens with zero attached hydrogens (tertiary/aromatic N) is 1. The van der Waals surface area contributed by atoms with Crippen LogP contribution in [0.3, 0.4) is 0 Å². The zero-order valence-electron chi connectivity index (χ0n) is 14.4. The van der Waals surface area contributed by atoms with E-state index in [1.165, 1.54) is 12.1 Å². The molecule has 1 aliphatic heterocycles. The highest BCUT2D eigenvalue weighted by atomic mass is 19.1. The van der Waals surface area contributed by atoms with Crippen LogP contribution in [0.15, 0.2) is 48.5 Å². The van der Waals surface area contributed by atoms with Gasteiger partial charge < -0.3 is 10.1 Å². The molecular formula is C20H23FN2O2. The topological polar surface area (TPSA) is 41.6 Å². The van der Waals surface area contributed by atoms with Crippen LogP contribution < -0.4 is 10.1 Å². The van der Waals surface area contributed by atoms with Gasteiger partial charge >= 0.3 is 0 Å². The number of benzene rings is 2. The lowest BCUT2D eigenvalue weighted by Gasteiger charge is -2.32. The number of carbonyl (C=O) groups is 1. The predicted octanol–water partition coefficient (Wildman–Crippen LogP) is 3.69. The Balaban J connectivity index is 1.60. The summed E-state index contributed by atoms with van der Waals surface area (Å²) in [5.41, 5.74) is 1.76. The third kappa shape index (κ3) is 4.57. The SMILES string of the molecule is COc1ccccc1NC(=O)C1CCCN(Cc2ccc(F)cc2)C1. The van der Waals surface area contributed by atoms with E-state index in [0.29, 0.717) is 18.0 Å². The van der Waals surface area contributed by atoms with E-state index in [4.69, 9.17) is 4.74 Å². The minimum absolute atomic E-state index is 0.0216. The zero-order valence-corrected chi connectivity index (χ0v) is 14.4. The summed E-state index contributed by atoms with van der Waals surface area (Å²) >= 11 is 0. The Hall–Kier alpha value is -2.40. The number of halogens is 1. The maximum absolute atomic E-state index is 13.0. The lowest BCUT2D eigenvalue weighted by atomic mass is 9.96. The van der Waals surface area contributed by atoms with Gasteiger partial charge in [-0.05, 0) is 49.2 Å². The van der Waals surface area contributed by atoms with Gasteiger partial charge in [0.05, 0.1) is 18.7 Å². The summed E-state index contributed by atoms with van der Waals surface area (Å²) in [6, 6.07) is 14.0. The maximum Gasteiger partial charge on any atom is 0.228 e. The van der Waals surface area contributed by atoms with Gasteiger partial charge in [0, 0.05) is 13.1 Å². The molecule has 0 radical (unpaired) electrons. The lowest BCUT2D eigenvalue weighted by molar-refractivity contribution is -0.121. The van der Waals surface area contributed by atoms with Crippen molar-refractivity contribution in [3.63, 3.8) is 0 Å². The Bertz CT molecular complexity index is 718. The molecule has 1 fully saturated rings. The lowest BCUT2D eigenvalue weighted by Crippen LogP contribution is -2.40. The molecule has 1 atom stereocenters. The predicted molar refractivity (Wildman–Crippen MR) is 96.0 cm³/mol. The molecule has 0 aliphatic carbocycles. The van der Waals surface area contributed by atoms with Crippen molar-refractivity contribution in [1.82, 2.24) is 4.90 Å². The molecule has 4 nitrogen and oxygen atoms in total. The van der Waals surface area contributed by atoms with Gasteiger partial charge in [-0.3, -0.25) is 9.69 Å². The first-order chi connectivity index (χ1) is 12.2. The Morgan fingerprint density at radius 2 is 2.00 bits per heavy atom. The van der Waals surface area contributed by atoms with E-state index in [2.05, 4.69) is 10.2 Å². The van der Waals surface area contributed by atoms with E-state index >= 15 is 0 Å². The summed E-state index contributed by atoms with van der Waals surface area (Å²) in [5, 5.41) is 2.98. The normalized spacial score (nSPS) is 17.9. The molecule has 1 heterocycles. The fourth-order valence-corrected chi connectivity index (χ4v) is 3.24. The molecule has 0 spiro atoms. The molecular weight excluding hydrogens is 319 g/mol. The molecule has 132 valence electrons. The number of nitrogens with one attached hydrogen (secondary N) is 1. The van der Waals surface area contributed by atoms with Crippen LogP contribution in [0.5, 0.6) is 5.75 Å². The van der Waals surface area contributed by atoms with Gasteiger partial charge in [0.15, 0.2) is 0 Å². The monoisotopic (exact) mass is 342 g/mol. The van der Waals surface area contributed by atoms with Crippen LogP contribution >= 0.6 is 0 Å². The van der Waals surface area contributed by atoms with Gasteiger partial charge in [-0.1, -0.05) is 24.3 Å². The molecule has 25 heavy (non-hydrogen) atoms. The number of para-hydroxylation sites is 2. The van der Waals surface area contributed by atoms with Gasteiger partial charge in [0.2, 0.25) is 5.91 Å². The summed E-state index contributed by atoms with van der Waals surface area (Å²) in [5.74, 6) is 0.402. The molecule has 1 N–H and O–H groups in total. The van der Waals surface area contributed by atoms with E-state index in [0.717, 1.165) is 31.5 Å². The number of hydrogen-bond donors (Lipinski definition) is 1. The first-order valence-electron chi connectivity index (χ1n) is 8.56. The van der Waals surface area contributed by atoms with Crippen LogP contribution in [-0.2, 0) is 11.3 Å². The molecule has 2 aromatic carbocycles. The van der Waals surface area contributed by atoms with Crippen molar-refractivity contribution in [2.75, 3.05) is 25.5 Å². The molecule has 5 heteroatoms. The largest absolute Gasteiger partial charge is 0.495 e. The van der Waals surface area contributed by atoms with Crippen molar-refractivity contribution in [1.29, 1.82) is 0 Å². The number of methoxy groups -OCH3 is 1. The summed E-state index contributed by atoms with van der Waals surface area (Å²) in [6.07, 6.45) is 1.85. The van der Waals surface area contributed by atoms with E-state index in [1.54, 1.807) is 19.2 Å². The van der Waals surface area contributed by atoms with Crippen molar-refractivity contribution in [2.45, 2.75) is 19.4 Å². The quantitative estimate of drug-likeness (QED) is 0.901. The Morgan fingerprint density at radius 1 is 1.24 bits per heavy atom. The number of likely N-dealkylation sites (tertiary alicyclic amines) is 1. The number of anilines is 1. The number of amides is 1. The molecule has 0 bridgehead atoms. The van der Waals surface area contributed by atoms with Crippen molar-refractivity contribution < 1.29 is 13.9 Å². The summed E-state index contributed by atoms with van der Waals surface area (Å²) in [6.45, 7) is 2.40. The second-order valence-electron chi connectivity index (χ2n) is 6.39. The highest BCUT2D eigenvalue weighted by Crippen LogP contribution is 2.25. The highest BCUT2D eigenvalue weighted by Gasteiger charge is 2.26. The number of piperidine rings is 1. The van der Waals surface area contributed by atoms with Crippen LogP contribution in [0.4, 0.5) is 10.1 Å². The fourth-order valence-electron chi connectivity index (χ4n) is 3.24.